The van der Waals surface area contributed by atoms with Crippen LogP contribution in [0.25, 0.3) is 72.0 Å². The monoisotopic (exact) mass is 800 g/mol. The molecule has 0 unspecified atom stereocenters. The number of hydrogen-bond acceptors (Lipinski definition) is 1. The number of aromatic nitrogens is 1. The Morgan fingerprint density at radius 2 is 0.873 bits per heavy atom. The summed E-state index contributed by atoms with van der Waals surface area (Å²) in [6, 6.07) is 89.7. The van der Waals surface area contributed by atoms with Crippen molar-refractivity contribution in [3.63, 3.8) is 0 Å². The molecule has 11 aromatic rings. The molecule has 0 saturated heterocycles. The molecule has 10 aromatic carbocycles. The van der Waals surface area contributed by atoms with Crippen molar-refractivity contribution < 1.29 is 0 Å². The molecule has 2 aliphatic rings. The molecule has 0 fully saturated rings. The van der Waals surface area contributed by atoms with Crippen LogP contribution in [0.4, 0.5) is 17.1 Å². The van der Waals surface area contributed by atoms with E-state index >= 15 is 0 Å². The molecule has 2 heterocycles. The molecule has 0 amide bonds. The number of hydrogen-bond donors (Lipinski definition) is 0. The highest BCUT2D eigenvalue weighted by Crippen LogP contribution is 2.62. The van der Waals surface area contributed by atoms with Gasteiger partial charge in [-0.25, -0.2) is 0 Å². The molecular weight excluding hydrogens is 761 g/mol. The van der Waals surface area contributed by atoms with E-state index < -0.39 is 5.41 Å². The molecule has 0 atom stereocenters. The van der Waals surface area contributed by atoms with E-state index in [2.05, 4.69) is 252 Å². The maximum atomic E-state index is 2.54. The zero-order chi connectivity index (χ0) is 41.5. The first kappa shape index (κ1) is 35.5. The molecule has 1 aliphatic carbocycles. The number of rotatable bonds is 6. The highest BCUT2D eigenvalue weighted by molar-refractivity contribution is 6.14. The summed E-state index contributed by atoms with van der Waals surface area (Å²) in [5.74, 6) is 0. The Kier molecular flexibility index (Phi) is 7.85. The Bertz CT molecular complexity index is 3530. The topological polar surface area (TPSA) is 8.17 Å². The molecule has 1 aromatic heterocycles. The van der Waals surface area contributed by atoms with Gasteiger partial charge in [-0.1, -0.05) is 200 Å². The van der Waals surface area contributed by atoms with Crippen molar-refractivity contribution in [2.45, 2.75) is 5.41 Å². The molecule has 2 heteroatoms. The summed E-state index contributed by atoms with van der Waals surface area (Å²) < 4.78 is 2.54. The lowest BCUT2D eigenvalue weighted by molar-refractivity contribution is 0.748. The fourth-order valence-electron chi connectivity index (χ4n) is 11.1. The van der Waals surface area contributed by atoms with Gasteiger partial charge in [0.15, 0.2) is 0 Å². The lowest BCUT2D eigenvalue weighted by Crippen LogP contribution is -2.33. The van der Waals surface area contributed by atoms with Crippen LogP contribution in [0, 0.1) is 0 Å². The molecule has 0 bridgehead atoms. The predicted octanol–water partition coefficient (Wildman–Crippen LogP) is 15.9. The van der Waals surface area contributed by atoms with E-state index in [-0.39, 0.29) is 0 Å². The van der Waals surface area contributed by atoms with E-state index in [1.807, 2.05) is 0 Å². The van der Waals surface area contributed by atoms with Gasteiger partial charge in [-0.3, -0.25) is 0 Å². The molecule has 13 rings (SSSR count). The second-order valence-corrected chi connectivity index (χ2v) is 16.8. The summed E-state index contributed by atoms with van der Waals surface area (Å²) in [4.78, 5) is 2.52. The molecule has 63 heavy (non-hydrogen) atoms. The van der Waals surface area contributed by atoms with E-state index in [0.717, 1.165) is 22.6 Å². The maximum Gasteiger partial charge on any atom is 0.0755 e. The number of fused-ring (bicyclic) bond motifs is 12. The quantitative estimate of drug-likeness (QED) is 0.163. The van der Waals surface area contributed by atoms with E-state index in [1.54, 1.807) is 0 Å². The van der Waals surface area contributed by atoms with Gasteiger partial charge in [-0.05, 0) is 104 Å². The van der Waals surface area contributed by atoms with Crippen LogP contribution in [0.1, 0.15) is 22.3 Å². The SMILES string of the molecule is c1ccc(-c2cccc(N(c3cc4c5c(c3)c3ccccc3n5-c3ccccc3C43c4ccccc4-c4ccccc43)c3ccccc3-c3ccccc3-c3ccccc3)c2)cc1. The Morgan fingerprint density at radius 1 is 0.317 bits per heavy atom. The third-order valence-corrected chi connectivity index (χ3v) is 13.6. The number of anilines is 3. The van der Waals surface area contributed by atoms with Gasteiger partial charge in [0.25, 0.3) is 0 Å². The van der Waals surface area contributed by atoms with Crippen molar-refractivity contribution in [3.8, 4) is 50.2 Å². The van der Waals surface area contributed by atoms with Gasteiger partial charge in [0.1, 0.15) is 0 Å². The van der Waals surface area contributed by atoms with Gasteiger partial charge < -0.3 is 9.47 Å². The average Bonchev–Trinajstić information content (AvgIpc) is 3.85. The largest absolute Gasteiger partial charge is 0.310 e. The van der Waals surface area contributed by atoms with Crippen LogP contribution in [-0.2, 0) is 5.41 Å². The van der Waals surface area contributed by atoms with E-state index in [9.17, 15) is 0 Å². The van der Waals surface area contributed by atoms with Gasteiger partial charge in [-0.2, -0.15) is 0 Å². The van der Waals surface area contributed by atoms with Crippen LogP contribution in [-0.4, -0.2) is 4.57 Å². The summed E-state index contributed by atoms with van der Waals surface area (Å²) >= 11 is 0. The number of benzene rings is 10. The number of para-hydroxylation sites is 3. The third-order valence-electron chi connectivity index (χ3n) is 13.6. The van der Waals surface area contributed by atoms with E-state index in [4.69, 9.17) is 0 Å². The Morgan fingerprint density at radius 3 is 1.62 bits per heavy atom. The Labute approximate surface area is 367 Å². The lowest BCUT2D eigenvalue weighted by atomic mass is 9.65. The van der Waals surface area contributed by atoms with Gasteiger partial charge >= 0.3 is 0 Å². The maximum absolute atomic E-state index is 2.54. The molecule has 294 valence electrons. The van der Waals surface area contributed by atoms with Gasteiger partial charge in [0.05, 0.1) is 27.8 Å². The van der Waals surface area contributed by atoms with Crippen molar-refractivity contribution in [2.24, 2.45) is 0 Å². The minimum atomic E-state index is -0.570. The molecule has 1 aliphatic heterocycles. The van der Waals surface area contributed by atoms with Crippen molar-refractivity contribution in [1.82, 2.24) is 4.57 Å². The summed E-state index contributed by atoms with van der Waals surface area (Å²) in [7, 11) is 0. The van der Waals surface area contributed by atoms with Crippen LogP contribution in [0.15, 0.2) is 243 Å². The van der Waals surface area contributed by atoms with Gasteiger partial charge in [0.2, 0.25) is 0 Å². The number of nitrogens with zero attached hydrogens (tertiary/aromatic N) is 2. The first-order chi connectivity index (χ1) is 31.3. The fraction of sp³-hybridized carbons (Fsp3) is 0.0164. The molecular formula is C61H40N2. The molecule has 0 N–H and O–H groups in total. The highest BCUT2D eigenvalue weighted by atomic mass is 15.1. The smallest absolute Gasteiger partial charge is 0.0755 e. The van der Waals surface area contributed by atoms with Crippen molar-refractivity contribution >= 4 is 38.9 Å². The van der Waals surface area contributed by atoms with Gasteiger partial charge in [0, 0.05) is 27.7 Å². The zero-order valence-electron chi connectivity index (χ0n) is 34.5. The summed E-state index contributed by atoms with van der Waals surface area (Å²) in [6.45, 7) is 0. The fourth-order valence-corrected chi connectivity index (χ4v) is 11.1. The predicted molar refractivity (Wildman–Crippen MR) is 263 cm³/mol. The van der Waals surface area contributed by atoms with Crippen LogP contribution in [0.3, 0.4) is 0 Å². The third kappa shape index (κ3) is 5.13. The first-order valence-corrected chi connectivity index (χ1v) is 21.9. The first-order valence-electron chi connectivity index (χ1n) is 21.9. The zero-order valence-corrected chi connectivity index (χ0v) is 34.5. The summed E-state index contributed by atoms with van der Waals surface area (Å²) in [5, 5.41) is 2.47. The van der Waals surface area contributed by atoms with E-state index in [0.29, 0.717) is 0 Å². The van der Waals surface area contributed by atoms with Crippen molar-refractivity contribution in [1.29, 1.82) is 0 Å². The second kappa shape index (κ2) is 13.9. The van der Waals surface area contributed by atoms with Crippen LogP contribution in [0.5, 0.6) is 0 Å². The van der Waals surface area contributed by atoms with Crippen LogP contribution >= 0.6 is 0 Å². The lowest BCUT2D eigenvalue weighted by Gasteiger charge is -2.40. The minimum Gasteiger partial charge on any atom is -0.310 e. The average molecular weight is 801 g/mol. The van der Waals surface area contributed by atoms with Crippen molar-refractivity contribution in [3.05, 3.63) is 265 Å². The second-order valence-electron chi connectivity index (χ2n) is 16.8. The summed E-state index contributed by atoms with van der Waals surface area (Å²) in [6.07, 6.45) is 0. The Hall–Kier alpha value is -8.20. The standard InChI is InChI=1S/C61H40N2/c1-3-20-41(21-4-1)43-24-19-25-44(38-43)62(57-35-16-11-30-50(57)47-27-8-7-26-46(47)42-22-5-2-6-23-42)45-39-52-51-31-12-17-36-58(51)63-59-37-18-15-34-55(59)61(56(40-45)60(52)63)53-32-13-9-28-48(53)49-29-10-14-33-54(49)61/h1-40H. The highest BCUT2D eigenvalue weighted by Gasteiger charge is 2.51. The normalized spacial score (nSPS) is 12.9. The molecule has 2 nitrogen and oxygen atoms in total. The molecule has 0 radical (unpaired) electrons. The Balaban J connectivity index is 1.17. The van der Waals surface area contributed by atoms with Gasteiger partial charge in [-0.15, -0.1) is 0 Å². The van der Waals surface area contributed by atoms with Crippen molar-refractivity contribution in [2.75, 3.05) is 4.90 Å². The van der Waals surface area contributed by atoms with E-state index in [1.165, 1.54) is 88.7 Å². The minimum absolute atomic E-state index is 0.570. The molecule has 1 spiro atoms. The summed E-state index contributed by atoms with van der Waals surface area (Å²) in [5.41, 5.74) is 21.3. The molecule has 0 saturated carbocycles. The van der Waals surface area contributed by atoms with Crippen LogP contribution < -0.4 is 4.90 Å². The van der Waals surface area contributed by atoms with Crippen LogP contribution in [0.2, 0.25) is 0 Å².